The Labute approximate surface area is 146 Å². The van der Waals surface area contributed by atoms with Crippen LogP contribution in [-0.2, 0) is 23.0 Å². The molecule has 2 aromatic carbocycles. The summed E-state index contributed by atoms with van der Waals surface area (Å²) < 4.78 is 41.3. The van der Waals surface area contributed by atoms with Crippen LogP contribution in [-0.4, -0.2) is 24.3 Å². The molecule has 0 unspecified atom stereocenters. The molecular formula is C19H19FN2O2S. The molecule has 1 aromatic heterocycles. The predicted molar refractivity (Wildman–Crippen MR) is 95.2 cm³/mol. The topological polar surface area (TPSA) is 53.2 Å². The first-order valence-corrected chi connectivity index (χ1v) is 9.84. The molecule has 25 heavy (non-hydrogen) atoms. The Balaban J connectivity index is 1.80. The highest BCUT2D eigenvalue weighted by Crippen LogP contribution is 2.30. The fourth-order valence-electron chi connectivity index (χ4n) is 3.46. The minimum atomic E-state index is -3.58. The predicted octanol–water partition coefficient (Wildman–Crippen LogP) is 3.83. The summed E-state index contributed by atoms with van der Waals surface area (Å²) in [4.78, 5) is 3.63. The molecule has 6 heteroatoms. The molecule has 0 radical (unpaired) electrons. The summed E-state index contributed by atoms with van der Waals surface area (Å²) in [7, 11) is -3.58. The average molecular weight is 358 g/mol. The van der Waals surface area contributed by atoms with Crippen molar-refractivity contribution >= 4 is 20.9 Å². The van der Waals surface area contributed by atoms with Crippen LogP contribution in [0.3, 0.4) is 0 Å². The molecular weight excluding hydrogens is 339 g/mol. The number of aromatic amines is 1. The van der Waals surface area contributed by atoms with Crippen molar-refractivity contribution in [3.05, 3.63) is 65.6 Å². The summed E-state index contributed by atoms with van der Waals surface area (Å²) in [5.74, 6) is -0.311. The number of H-pyrrole nitrogens is 1. The summed E-state index contributed by atoms with van der Waals surface area (Å²) in [5, 5.41) is 0.769. The fourth-order valence-corrected chi connectivity index (χ4v) is 4.93. The maximum Gasteiger partial charge on any atom is 0.243 e. The van der Waals surface area contributed by atoms with E-state index in [1.54, 1.807) is 36.4 Å². The van der Waals surface area contributed by atoms with Crippen molar-refractivity contribution in [3.8, 4) is 0 Å². The van der Waals surface area contributed by atoms with Crippen LogP contribution in [0.5, 0.6) is 0 Å². The molecule has 0 fully saturated rings. The standard InChI is InChI=1S/C19H19FN2O2S/c20-14-9-10-19-16(12-14)17-13-22(11-5-4-8-18(17)21-19)25(23,24)15-6-2-1-3-7-15/h1-3,6-7,9-10,12,21H,4-5,8,11,13H2. The summed E-state index contributed by atoms with van der Waals surface area (Å²) in [6.07, 6.45) is 2.54. The van der Waals surface area contributed by atoms with E-state index in [2.05, 4.69) is 4.98 Å². The normalized spacial score (nSPS) is 16.4. The van der Waals surface area contributed by atoms with Gasteiger partial charge in [-0.1, -0.05) is 18.2 Å². The first-order chi connectivity index (χ1) is 12.1. The number of hydrogen-bond acceptors (Lipinski definition) is 2. The van der Waals surface area contributed by atoms with E-state index in [0.29, 0.717) is 11.4 Å². The number of benzene rings is 2. The quantitative estimate of drug-likeness (QED) is 0.757. The first-order valence-electron chi connectivity index (χ1n) is 8.40. The molecule has 0 bridgehead atoms. The van der Waals surface area contributed by atoms with Gasteiger partial charge in [0.05, 0.1) is 4.90 Å². The molecule has 3 aromatic rings. The lowest BCUT2D eigenvalue weighted by atomic mass is 10.0. The van der Waals surface area contributed by atoms with Gasteiger partial charge in [0.1, 0.15) is 5.82 Å². The van der Waals surface area contributed by atoms with Crippen molar-refractivity contribution in [2.45, 2.75) is 30.7 Å². The lowest BCUT2D eigenvalue weighted by Crippen LogP contribution is -2.32. The zero-order valence-electron chi connectivity index (χ0n) is 13.7. The second-order valence-electron chi connectivity index (χ2n) is 6.38. The van der Waals surface area contributed by atoms with Crippen LogP contribution >= 0.6 is 0 Å². The largest absolute Gasteiger partial charge is 0.358 e. The fraction of sp³-hybridized carbons (Fsp3) is 0.263. The van der Waals surface area contributed by atoms with Gasteiger partial charge in [0.25, 0.3) is 0 Å². The Morgan fingerprint density at radius 3 is 2.64 bits per heavy atom. The minimum absolute atomic E-state index is 0.260. The van der Waals surface area contributed by atoms with E-state index in [9.17, 15) is 12.8 Å². The zero-order chi connectivity index (χ0) is 17.4. The summed E-state index contributed by atoms with van der Waals surface area (Å²) in [6.45, 7) is 0.731. The van der Waals surface area contributed by atoms with Crippen LogP contribution < -0.4 is 0 Å². The minimum Gasteiger partial charge on any atom is -0.358 e. The van der Waals surface area contributed by atoms with Crippen molar-refractivity contribution in [1.29, 1.82) is 0 Å². The zero-order valence-corrected chi connectivity index (χ0v) is 14.5. The van der Waals surface area contributed by atoms with E-state index >= 15 is 0 Å². The first kappa shape index (κ1) is 16.3. The van der Waals surface area contributed by atoms with Gasteiger partial charge in [-0.15, -0.1) is 0 Å². The van der Waals surface area contributed by atoms with Gasteiger partial charge in [0, 0.05) is 29.7 Å². The molecule has 0 amide bonds. The summed E-state index contributed by atoms with van der Waals surface area (Å²) in [5.41, 5.74) is 2.74. The smallest absolute Gasteiger partial charge is 0.243 e. The Kier molecular flexibility index (Phi) is 4.09. The lowest BCUT2D eigenvalue weighted by molar-refractivity contribution is 0.387. The van der Waals surface area contributed by atoms with Crippen molar-refractivity contribution in [3.63, 3.8) is 0 Å². The number of rotatable bonds is 2. The van der Waals surface area contributed by atoms with E-state index in [1.807, 2.05) is 0 Å². The molecule has 0 saturated carbocycles. The van der Waals surface area contributed by atoms with Gasteiger partial charge < -0.3 is 4.98 Å². The van der Waals surface area contributed by atoms with Gasteiger partial charge in [-0.2, -0.15) is 4.31 Å². The van der Waals surface area contributed by atoms with E-state index in [0.717, 1.165) is 41.4 Å². The third-order valence-electron chi connectivity index (χ3n) is 4.76. The lowest BCUT2D eigenvalue weighted by Gasteiger charge is -2.24. The summed E-state index contributed by atoms with van der Waals surface area (Å²) in [6, 6.07) is 13.1. The van der Waals surface area contributed by atoms with Crippen molar-refractivity contribution in [2.24, 2.45) is 0 Å². The third kappa shape index (κ3) is 2.96. The number of nitrogens with zero attached hydrogens (tertiary/aromatic N) is 1. The SMILES string of the molecule is O=S(=O)(c1ccccc1)N1CCCCc2[nH]c3ccc(F)cc3c2C1. The molecule has 0 spiro atoms. The number of fused-ring (bicyclic) bond motifs is 3. The van der Waals surface area contributed by atoms with Gasteiger partial charge in [-0.25, -0.2) is 12.8 Å². The molecule has 2 heterocycles. The van der Waals surface area contributed by atoms with Crippen LogP contribution in [0, 0.1) is 5.82 Å². The number of aryl methyl sites for hydroxylation is 1. The molecule has 0 saturated heterocycles. The van der Waals surface area contributed by atoms with Gasteiger partial charge in [-0.05, 0) is 55.2 Å². The molecule has 0 atom stereocenters. The molecule has 1 aliphatic heterocycles. The number of aromatic nitrogens is 1. The second kappa shape index (κ2) is 6.28. The Hall–Kier alpha value is -2.18. The average Bonchev–Trinajstić information content (AvgIpc) is 2.91. The van der Waals surface area contributed by atoms with Gasteiger partial charge >= 0.3 is 0 Å². The van der Waals surface area contributed by atoms with Gasteiger partial charge in [0.2, 0.25) is 10.0 Å². The van der Waals surface area contributed by atoms with Crippen LogP contribution in [0.2, 0.25) is 0 Å². The van der Waals surface area contributed by atoms with Crippen molar-refractivity contribution in [1.82, 2.24) is 9.29 Å². The van der Waals surface area contributed by atoms with Crippen molar-refractivity contribution in [2.75, 3.05) is 6.54 Å². The highest BCUT2D eigenvalue weighted by Gasteiger charge is 2.27. The third-order valence-corrected chi connectivity index (χ3v) is 6.62. The number of halogens is 1. The monoisotopic (exact) mass is 358 g/mol. The van der Waals surface area contributed by atoms with Crippen LogP contribution in [0.1, 0.15) is 24.1 Å². The van der Waals surface area contributed by atoms with E-state index < -0.39 is 10.0 Å². The highest BCUT2D eigenvalue weighted by molar-refractivity contribution is 7.89. The molecule has 4 nitrogen and oxygen atoms in total. The molecule has 0 aliphatic carbocycles. The Bertz CT molecular complexity index is 1010. The van der Waals surface area contributed by atoms with E-state index in [-0.39, 0.29) is 12.4 Å². The number of hydrogen-bond donors (Lipinski definition) is 1. The Morgan fingerprint density at radius 1 is 1.04 bits per heavy atom. The van der Waals surface area contributed by atoms with Crippen LogP contribution in [0.15, 0.2) is 53.4 Å². The van der Waals surface area contributed by atoms with Crippen LogP contribution in [0.4, 0.5) is 4.39 Å². The second-order valence-corrected chi connectivity index (χ2v) is 8.32. The van der Waals surface area contributed by atoms with Crippen molar-refractivity contribution < 1.29 is 12.8 Å². The maximum absolute atomic E-state index is 13.7. The van der Waals surface area contributed by atoms with Gasteiger partial charge in [0.15, 0.2) is 0 Å². The van der Waals surface area contributed by atoms with E-state index in [4.69, 9.17) is 0 Å². The summed E-state index contributed by atoms with van der Waals surface area (Å²) >= 11 is 0. The molecule has 4 rings (SSSR count). The number of sulfonamides is 1. The van der Waals surface area contributed by atoms with Crippen LogP contribution in [0.25, 0.3) is 10.9 Å². The maximum atomic E-state index is 13.7. The molecule has 1 aliphatic rings. The van der Waals surface area contributed by atoms with Gasteiger partial charge in [-0.3, -0.25) is 0 Å². The molecule has 130 valence electrons. The number of nitrogens with one attached hydrogen (secondary N) is 1. The molecule has 1 N–H and O–H groups in total. The Morgan fingerprint density at radius 2 is 1.84 bits per heavy atom. The van der Waals surface area contributed by atoms with E-state index in [1.165, 1.54) is 16.4 Å². The highest BCUT2D eigenvalue weighted by atomic mass is 32.2.